The van der Waals surface area contributed by atoms with Crippen molar-refractivity contribution in [3.05, 3.63) is 65.0 Å². The predicted molar refractivity (Wildman–Crippen MR) is 133 cm³/mol. The van der Waals surface area contributed by atoms with Crippen LogP contribution in [-0.2, 0) is 11.4 Å². The number of hydrazone groups is 1. The van der Waals surface area contributed by atoms with Crippen LogP contribution in [0.15, 0.2) is 58.1 Å². The molecular weight excluding hydrogens is 455 g/mol. The zero-order valence-corrected chi connectivity index (χ0v) is 20.0. The SMILES string of the molecule is CCOc1cc(/C=C2/C(=N)N3N=C(CC(C)C)SC3=NC2=O)ccc1OCc1ccccc1F. The first kappa shape index (κ1) is 23.7. The van der Waals surface area contributed by atoms with Crippen molar-refractivity contribution in [1.82, 2.24) is 5.01 Å². The zero-order valence-electron chi connectivity index (χ0n) is 19.2. The zero-order chi connectivity index (χ0) is 24.2. The van der Waals surface area contributed by atoms with E-state index < -0.39 is 5.91 Å². The van der Waals surface area contributed by atoms with E-state index in [4.69, 9.17) is 14.9 Å². The third-order valence-electron chi connectivity index (χ3n) is 5.00. The summed E-state index contributed by atoms with van der Waals surface area (Å²) in [6.45, 7) is 6.47. The lowest BCUT2D eigenvalue weighted by Crippen LogP contribution is -2.35. The second-order valence-corrected chi connectivity index (χ2v) is 9.17. The van der Waals surface area contributed by atoms with Crippen molar-refractivity contribution in [1.29, 1.82) is 5.41 Å². The molecule has 7 nitrogen and oxygen atoms in total. The molecule has 2 aromatic carbocycles. The molecule has 0 atom stereocenters. The smallest absolute Gasteiger partial charge is 0.283 e. The normalized spacial score (nSPS) is 16.6. The molecule has 0 fully saturated rings. The van der Waals surface area contributed by atoms with Crippen LogP contribution >= 0.6 is 11.8 Å². The molecule has 2 aromatic rings. The van der Waals surface area contributed by atoms with Gasteiger partial charge in [-0.3, -0.25) is 10.2 Å². The Labute approximate surface area is 201 Å². The van der Waals surface area contributed by atoms with Crippen LogP contribution in [0.25, 0.3) is 6.08 Å². The van der Waals surface area contributed by atoms with Crippen LogP contribution in [0.4, 0.5) is 4.39 Å². The number of hydrogen-bond acceptors (Lipinski definition) is 6. The van der Waals surface area contributed by atoms with Gasteiger partial charge < -0.3 is 9.47 Å². The maximum Gasteiger partial charge on any atom is 0.283 e. The number of amides is 1. The van der Waals surface area contributed by atoms with E-state index in [0.29, 0.717) is 40.3 Å². The van der Waals surface area contributed by atoms with Crippen LogP contribution < -0.4 is 9.47 Å². The third kappa shape index (κ3) is 5.20. The van der Waals surface area contributed by atoms with Crippen molar-refractivity contribution in [3.63, 3.8) is 0 Å². The summed E-state index contributed by atoms with van der Waals surface area (Å²) in [5.74, 6) is 0.485. The fourth-order valence-corrected chi connectivity index (χ4v) is 4.50. The average molecular weight is 481 g/mol. The van der Waals surface area contributed by atoms with Gasteiger partial charge in [-0.1, -0.05) is 38.1 Å². The van der Waals surface area contributed by atoms with Crippen LogP contribution in [-0.4, -0.2) is 33.6 Å². The summed E-state index contributed by atoms with van der Waals surface area (Å²) in [6.07, 6.45) is 2.35. The minimum atomic E-state index is -0.484. The van der Waals surface area contributed by atoms with E-state index in [9.17, 15) is 9.18 Å². The molecule has 2 aliphatic rings. The minimum Gasteiger partial charge on any atom is -0.490 e. The van der Waals surface area contributed by atoms with E-state index in [-0.39, 0.29) is 23.8 Å². The molecule has 0 aromatic heterocycles. The second kappa shape index (κ2) is 10.2. The van der Waals surface area contributed by atoms with Gasteiger partial charge in [-0.15, -0.1) is 0 Å². The fourth-order valence-electron chi connectivity index (χ4n) is 3.40. The van der Waals surface area contributed by atoms with Crippen LogP contribution in [0.1, 0.15) is 38.3 Å². The Kier molecular flexibility index (Phi) is 7.12. The van der Waals surface area contributed by atoms with Crippen LogP contribution in [0, 0.1) is 17.1 Å². The Balaban J connectivity index is 1.57. The van der Waals surface area contributed by atoms with Gasteiger partial charge in [-0.05, 0) is 54.4 Å². The number of hydrogen-bond donors (Lipinski definition) is 1. The Morgan fingerprint density at radius 3 is 2.71 bits per heavy atom. The Morgan fingerprint density at radius 1 is 1.18 bits per heavy atom. The number of benzene rings is 2. The first-order valence-electron chi connectivity index (χ1n) is 11.0. The van der Waals surface area contributed by atoms with E-state index in [1.165, 1.54) is 22.8 Å². The van der Waals surface area contributed by atoms with Gasteiger partial charge in [-0.25, -0.2) is 4.39 Å². The first-order chi connectivity index (χ1) is 16.4. The van der Waals surface area contributed by atoms with Gasteiger partial charge in [0.05, 0.1) is 12.2 Å². The van der Waals surface area contributed by atoms with Crippen molar-refractivity contribution in [3.8, 4) is 11.5 Å². The summed E-state index contributed by atoms with van der Waals surface area (Å²) in [7, 11) is 0. The molecule has 1 N–H and O–H groups in total. The van der Waals surface area contributed by atoms with E-state index in [2.05, 4.69) is 23.9 Å². The lowest BCUT2D eigenvalue weighted by atomic mass is 10.1. The van der Waals surface area contributed by atoms with Gasteiger partial charge in [0.25, 0.3) is 5.91 Å². The molecule has 2 aliphatic heterocycles. The van der Waals surface area contributed by atoms with Gasteiger partial charge in [0.2, 0.25) is 5.17 Å². The van der Waals surface area contributed by atoms with E-state index >= 15 is 0 Å². The molecule has 0 saturated carbocycles. The quantitative estimate of drug-likeness (QED) is 0.507. The van der Waals surface area contributed by atoms with Crippen LogP contribution in [0.2, 0.25) is 0 Å². The first-order valence-corrected chi connectivity index (χ1v) is 11.8. The standard InChI is InChI=1S/C25H25FN4O3S/c1-4-32-21-13-16(9-10-20(21)33-14-17-7-5-6-8-19(17)26)12-18-23(27)30-25(28-24(18)31)34-22(29-30)11-15(2)3/h5-10,12-13,15,27H,4,11,14H2,1-3H3/b18-12-,27-23?. The molecule has 0 spiro atoms. The molecule has 9 heteroatoms. The number of carbonyl (C=O) groups is 1. The Hall–Kier alpha value is -3.46. The Bertz CT molecular complexity index is 1220. The number of rotatable bonds is 8. The number of thioether (sulfide) groups is 1. The van der Waals surface area contributed by atoms with E-state index in [1.807, 2.05) is 6.92 Å². The van der Waals surface area contributed by atoms with Gasteiger partial charge >= 0.3 is 0 Å². The summed E-state index contributed by atoms with van der Waals surface area (Å²) in [4.78, 5) is 16.8. The summed E-state index contributed by atoms with van der Waals surface area (Å²) in [5, 5.41) is 15.7. The van der Waals surface area contributed by atoms with Crippen molar-refractivity contribution >= 4 is 39.8 Å². The highest BCUT2D eigenvalue weighted by Gasteiger charge is 2.35. The third-order valence-corrected chi connectivity index (χ3v) is 5.93. The number of carbonyl (C=O) groups excluding carboxylic acids is 1. The largest absolute Gasteiger partial charge is 0.490 e. The van der Waals surface area contributed by atoms with Crippen molar-refractivity contribution < 1.29 is 18.7 Å². The Morgan fingerprint density at radius 2 is 1.97 bits per heavy atom. The number of nitrogens with one attached hydrogen (secondary N) is 1. The van der Waals surface area contributed by atoms with Gasteiger partial charge in [0.1, 0.15) is 17.5 Å². The molecular formula is C25H25FN4O3S. The molecule has 0 radical (unpaired) electrons. The minimum absolute atomic E-state index is 0.0147. The van der Waals surface area contributed by atoms with Gasteiger partial charge in [0.15, 0.2) is 17.3 Å². The average Bonchev–Trinajstić information content (AvgIpc) is 3.19. The topological polar surface area (TPSA) is 87.3 Å². The van der Waals surface area contributed by atoms with Crippen LogP contribution in [0.5, 0.6) is 11.5 Å². The summed E-state index contributed by atoms with van der Waals surface area (Å²) >= 11 is 1.33. The maximum absolute atomic E-state index is 13.9. The number of ether oxygens (including phenoxy) is 2. The number of fused-ring (bicyclic) bond motifs is 1. The summed E-state index contributed by atoms with van der Waals surface area (Å²) < 4.78 is 25.4. The molecule has 0 aliphatic carbocycles. The molecule has 2 heterocycles. The summed E-state index contributed by atoms with van der Waals surface area (Å²) in [6, 6.07) is 11.6. The molecule has 4 rings (SSSR count). The van der Waals surface area contributed by atoms with Crippen molar-refractivity contribution in [2.45, 2.75) is 33.8 Å². The lowest BCUT2D eigenvalue weighted by molar-refractivity contribution is -0.114. The van der Waals surface area contributed by atoms with Crippen LogP contribution in [0.3, 0.4) is 0 Å². The predicted octanol–water partition coefficient (Wildman–Crippen LogP) is 5.47. The molecule has 0 saturated heterocycles. The molecule has 176 valence electrons. The number of halogens is 1. The van der Waals surface area contributed by atoms with Crippen molar-refractivity contribution in [2.75, 3.05) is 6.61 Å². The fraction of sp³-hybridized carbons (Fsp3) is 0.280. The molecule has 0 unspecified atom stereocenters. The van der Waals surface area contributed by atoms with Gasteiger partial charge in [-0.2, -0.15) is 15.1 Å². The number of amidine groups is 2. The van der Waals surface area contributed by atoms with Gasteiger partial charge in [0, 0.05) is 12.0 Å². The van der Waals surface area contributed by atoms with E-state index in [1.54, 1.807) is 42.5 Å². The second-order valence-electron chi connectivity index (χ2n) is 8.13. The van der Waals surface area contributed by atoms with Crippen molar-refractivity contribution in [2.24, 2.45) is 16.0 Å². The summed E-state index contributed by atoms with van der Waals surface area (Å²) in [5.41, 5.74) is 1.22. The molecule has 34 heavy (non-hydrogen) atoms. The molecule has 1 amide bonds. The number of aliphatic imine (C=N–C) groups is 1. The van der Waals surface area contributed by atoms with E-state index in [0.717, 1.165) is 11.5 Å². The maximum atomic E-state index is 13.9. The highest BCUT2D eigenvalue weighted by Crippen LogP contribution is 2.33. The molecule has 0 bridgehead atoms. The number of nitrogens with zero attached hydrogens (tertiary/aromatic N) is 3. The highest BCUT2D eigenvalue weighted by atomic mass is 32.2. The highest BCUT2D eigenvalue weighted by molar-refractivity contribution is 8.26. The monoisotopic (exact) mass is 480 g/mol. The lowest BCUT2D eigenvalue weighted by Gasteiger charge is -2.20.